The molecule has 1 rings (SSSR count). The Labute approximate surface area is 177 Å². The molecule has 152 valence electrons. The van der Waals surface area contributed by atoms with Gasteiger partial charge in [0, 0.05) is 38.3 Å². The molecule has 0 spiro atoms. The van der Waals surface area contributed by atoms with Crippen molar-refractivity contribution in [3.63, 3.8) is 0 Å². The molecule has 0 bridgehead atoms. The first-order valence-corrected chi connectivity index (χ1v) is 8.85. The van der Waals surface area contributed by atoms with Gasteiger partial charge >= 0.3 is 0 Å². The van der Waals surface area contributed by atoms with Gasteiger partial charge in [-0.2, -0.15) is 0 Å². The monoisotopic (exact) mass is 493 g/mol. The minimum absolute atomic E-state index is 0. The second kappa shape index (κ2) is 14.2. The normalized spacial score (nSPS) is 10.6. The van der Waals surface area contributed by atoms with Crippen molar-refractivity contribution >= 4 is 47.4 Å². The van der Waals surface area contributed by atoms with E-state index in [1.54, 1.807) is 11.0 Å². The van der Waals surface area contributed by atoms with Crippen LogP contribution in [0.2, 0.25) is 0 Å². The first kappa shape index (κ1) is 25.1. The highest BCUT2D eigenvalue weighted by Crippen LogP contribution is 2.08. The number of carbonyl (C=O) groups is 2. The van der Waals surface area contributed by atoms with Crippen molar-refractivity contribution in [1.29, 1.82) is 0 Å². The lowest BCUT2D eigenvalue weighted by Gasteiger charge is -2.19. The summed E-state index contributed by atoms with van der Waals surface area (Å²) in [6.07, 6.45) is 0.349. The predicted molar refractivity (Wildman–Crippen MR) is 117 cm³/mol. The lowest BCUT2D eigenvalue weighted by molar-refractivity contribution is -0.130. The van der Waals surface area contributed by atoms with Crippen LogP contribution < -0.4 is 16.0 Å². The van der Waals surface area contributed by atoms with Crippen LogP contribution in [0.15, 0.2) is 29.3 Å². The van der Waals surface area contributed by atoms with Gasteiger partial charge in [-0.1, -0.05) is 6.07 Å². The average Bonchev–Trinajstić information content (AvgIpc) is 2.60. The summed E-state index contributed by atoms with van der Waals surface area (Å²) in [5.74, 6) is -0.248. The summed E-state index contributed by atoms with van der Waals surface area (Å²) in [5, 5.41) is 8.63. The molecule has 0 saturated heterocycles. The smallest absolute Gasteiger partial charge is 0.246 e. The van der Waals surface area contributed by atoms with Gasteiger partial charge in [-0.25, -0.2) is 9.38 Å². The van der Waals surface area contributed by atoms with Crippen molar-refractivity contribution in [3.8, 4) is 0 Å². The van der Waals surface area contributed by atoms with E-state index in [0.717, 1.165) is 0 Å². The van der Waals surface area contributed by atoms with Crippen LogP contribution >= 0.6 is 24.0 Å². The first-order valence-electron chi connectivity index (χ1n) is 8.85. The van der Waals surface area contributed by atoms with Crippen molar-refractivity contribution < 1.29 is 14.0 Å². The Morgan fingerprint density at radius 2 is 1.85 bits per heavy atom. The second-order valence-electron chi connectivity index (χ2n) is 5.50. The molecule has 2 amide bonds. The lowest BCUT2D eigenvalue weighted by atomic mass is 10.3. The maximum atomic E-state index is 13.1. The lowest BCUT2D eigenvalue weighted by Crippen LogP contribution is -2.40. The quantitative estimate of drug-likeness (QED) is 0.280. The van der Waals surface area contributed by atoms with Gasteiger partial charge in [-0.3, -0.25) is 9.59 Å². The van der Waals surface area contributed by atoms with Crippen LogP contribution in [0.4, 0.5) is 10.1 Å². The van der Waals surface area contributed by atoms with E-state index in [0.29, 0.717) is 44.2 Å². The van der Waals surface area contributed by atoms with E-state index in [2.05, 4.69) is 20.9 Å². The van der Waals surface area contributed by atoms with Crippen molar-refractivity contribution in [2.75, 3.05) is 38.0 Å². The third-order valence-electron chi connectivity index (χ3n) is 3.58. The maximum absolute atomic E-state index is 13.1. The van der Waals surface area contributed by atoms with Gasteiger partial charge < -0.3 is 20.9 Å². The number of carbonyl (C=O) groups excluding carboxylic acids is 2. The van der Waals surface area contributed by atoms with Gasteiger partial charge in [0.2, 0.25) is 11.8 Å². The largest absolute Gasteiger partial charge is 0.357 e. The molecule has 0 atom stereocenters. The first-order chi connectivity index (χ1) is 12.5. The van der Waals surface area contributed by atoms with Crippen LogP contribution in [0.5, 0.6) is 0 Å². The van der Waals surface area contributed by atoms with Gasteiger partial charge in [0.1, 0.15) is 12.4 Å². The summed E-state index contributed by atoms with van der Waals surface area (Å²) in [7, 11) is 0. The number of rotatable bonds is 9. The zero-order chi connectivity index (χ0) is 19.4. The molecule has 0 aliphatic rings. The van der Waals surface area contributed by atoms with Gasteiger partial charge in [0.05, 0.1) is 0 Å². The Morgan fingerprint density at radius 3 is 2.44 bits per heavy atom. The molecular weight excluding hydrogens is 464 g/mol. The maximum Gasteiger partial charge on any atom is 0.246 e. The number of hydrogen-bond acceptors (Lipinski definition) is 3. The van der Waals surface area contributed by atoms with Crippen molar-refractivity contribution in [3.05, 3.63) is 30.1 Å². The van der Waals surface area contributed by atoms with E-state index in [4.69, 9.17) is 0 Å². The molecule has 1 aromatic carbocycles. The summed E-state index contributed by atoms with van der Waals surface area (Å²) < 4.78 is 13.1. The van der Waals surface area contributed by atoms with Crippen LogP contribution in [0.25, 0.3) is 0 Å². The van der Waals surface area contributed by atoms with Crippen molar-refractivity contribution in [2.24, 2.45) is 4.99 Å². The molecule has 9 heteroatoms. The van der Waals surface area contributed by atoms with Crippen molar-refractivity contribution in [1.82, 2.24) is 15.5 Å². The molecule has 0 aromatic heterocycles. The number of halogens is 2. The summed E-state index contributed by atoms with van der Waals surface area (Å²) >= 11 is 0. The number of nitrogens with zero attached hydrogens (tertiary/aromatic N) is 2. The zero-order valence-corrected chi connectivity index (χ0v) is 18.4. The second-order valence-corrected chi connectivity index (χ2v) is 5.50. The molecule has 0 aliphatic carbocycles. The molecule has 0 saturated carbocycles. The summed E-state index contributed by atoms with van der Waals surface area (Å²) in [6, 6.07) is 5.67. The minimum atomic E-state index is -0.417. The van der Waals surface area contributed by atoms with E-state index in [1.807, 2.05) is 20.8 Å². The Bertz CT molecular complexity index is 624. The van der Waals surface area contributed by atoms with Crippen LogP contribution in [-0.4, -0.2) is 55.4 Å². The molecule has 7 nitrogen and oxygen atoms in total. The van der Waals surface area contributed by atoms with E-state index in [9.17, 15) is 14.0 Å². The number of anilines is 1. The molecule has 3 N–H and O–H groups in total. The highest BCUT2D eigenvalue weighted by molar-refractivity contribution is 14.0. The molecular formula is C18H29FIN5O2. The van der Waals surface area contributed by atoms with E-state index in [1.165, 1.54) is 18.2 Å². The SMILES string of the molecule is CCNC(=NCC(=O)Nc1cccc(F)c1)NCCC(=O)N(CC)CC.I. The highest BCUT2D eigenvalue weighted by atomic mass is 127. The summed E-state index contributed by atoms with van der Waals surface area (Å²) in [4.78, 5) is 29.8. The van der Waals surface area contributed by atoms with Crippen LogP contribution in [0.3, 0.4) is 0 Å². The van der Waals surface area contributed by atoms with Crippen LogP contribution in [-0.2, 0) is 9.59 Å². The molecule has 0 radical (unpaired) electrons. The van der Waals surface area contributed by atoms with Gasteiger partial charge in [-0.05, 0) is 39.0 Å². The standard InChI is InChI=1S/C18H28FN5O2.HI/c1-4-20-18(21-11-10-17(26)24(5-2)6-3)22-13-16(25)23-15-9-7-8-14(19)12-15;/h7-9,12H,4-6,10-11,13H2,1-3H3,(H,23,25)(H2,20,21,22);1H. The molecule has 27 heavy (non-hydrogen) atoms. The Balaban J connectivity index is 0.00000676. The number of aliphatic imine (C=N–C) groups is 1. The van der Waals surface area contributed by atoms with Gasteiger partial charge in [0.15, 0.2) is 5.96 Å². The molecule has 0 fully saturated rings. The predicted octanol–water partition coefficient (Wildman–Crippen LogP) is 2.20. The highest BCUT2D eigenvalue weighted by Gasteiger charge is 2.09. The summed E-state index contributed by atoms with van der Waals surface area (Å²) in [5.41, 5.74) is 0.382. The fourth-order valence-corrected chi connectivity index (χ4v) is 2.28. The molecule has 0 heterocycles. The Morgan fingerprint density at radius 1 is 1.15 bits per heavy atom. The average molecular weight is 493 g/mol. The number of nitrogens with one attached hydrogen (secondary N) is 3. The zero-order valence-electron chi connectivity index (χ0n) is 16.0. The number of guanidine groups is 1. The fraction of sp³-hybridized carbons (Fsp3) is 0.500. The van der Waals surface area contributed by atoms with Gasteiger partial charge in [0.25, 0.3) is 0 Å². The third-order valence-corrected chi connectivity index (χ3v) is 3.58. The van der Waals surface area contributed by atoms with E-state index in [-0.39, 0.29) is 42.3 Å². The summed E-state index contributed by atoms with van der Waals surface area (Å²) in [6.45, 7) is 8.09. The minimum Gasteiger partial charge on any atom is -0.357 e. The number of benzene rings is 1. The fourth-order valence-electron chi connectivity index (χ4n) is 2.28. The molecule has 1 aromatic rings. The van der Waals surface area contributed by atoms with Gasteiger partial charge in [-0.15, -0.1) is 24.0 Å². The Kier molecular flexibility index (Phi) is 13.2. The van der Waals surface area contributed by atoms with Crippen LogP contribution in [0.1, 0.15) is 27.2 Å². The van der Waals surface area contributed by atoms with E-state index < -0.39 is 5.82 Å². The van der Waals surface area contributed by atoms with Crippen molar-refractivity contribution in [2.45, 2.75) is 27.2 Å². The van der Waals surface area contributed by atoms with Crippen LogP contribution in [0, 0.1) is 5.82 Å². The third kappa shape index (κ3) is 10.1. The molecule has 0 unspecified atom stereocenters. The Hall–Kier alpha value is -1.91. The topological polar surface area (TPSA) is 85.8 Å². The number of amides is 2. The number of hydrogen-bond donors (Lipinski definition) is 3. The van der Waals surface area contributed by atoms with E-state index >= 15 is 0 Å². The molecule has 0 aliphatic heterocycles.